The van der Waals surface area contributed by atoms with E-state index in [9.17, 15) is 0 Å². The quantitative estimate of drug-likeness (QED) is 0.613. The van der Waals surface area contributed by atoms with Crippen molar-refractivity contribution in [2.75, 3.05) is 5.23 Å². The Morgan fingerprint density at radius 1 is 1.45 bits per heavy atom. The number of para-hydroxylation sites is 2. The Kier molecular flexibility index (Phi) is 1.49. The van der Waals surface area contributed by atoms with Gasteiger partial charge in [0.1, 0.15) is 5.75 Å². The summed E-state index contributed by atoms with van der Waals surface area (Å²) in [6.07, 6.45) is 0.995. The fraction of sp³-hybridized carbons (Fsp3) is 0.250. The molecule has 0 bridgehead atoms. The normalized spacial score (nSPS) is 13.7. The van der Waals surface area contributed by atoms with Crippen molar-refractivity contribution in [1.29, 1.82) is 0 Å². The summed E-state index contributed by atoms with van der Waals surface area (Å²) in [5.41, 5.74) is 1.11. The highest BCUT2D eigenvalue weighted by molar-refractivity contribution is 6.58. The van der Waals surface area contributed by atoms with Gasteiger partial charge in [-0.15, -0.1) is 0 Å². The summed E-state index contributed by atoms with van der Waals surface area (Å²) >= 11 is 0. The molecule has 0 atom stereocenters. The molecule has 0 saturated heterocycles. The maximum Gasteiger partial charge on any atom is 0.479 e. The highest BCUT2D eigenvalue weighted by Crippen LogP contribution is 2.30. The van der Waals surface area contributed by atoms with Crippen LogP contribution in [-0.2, 0) is 0 Å². The molecule has 1 aromatic carbocycles. The van der Waals surface area contributed by atoms with Gasteiger partial charge in [-0.05, 0) is 18.5 Å². The first-order valence-corrected chi connectivity index (χ1v) is 3.92. The lowest BCUT2D eigenvalue weighted by atomic mass is 9.81. The van der Waals surface area contributed by atoms with Crippen molar-refractivity contribution < 1.29 is 4.65 Å². The van der Waals surface area contributed by atoms with Gasteiger partial charge in [-0.1, -0.05) is 19.1 Å². The number of nitrogens with one attached hydrogen (secondary N) is 1. The van der Waals surface area contributed by atoms with Crippen LogP contribution in [0.4, 0.5) is 5.69 Å². The van der Waals surface area contributed by atoms with Gasteiger partial charge in [0.05, 0.1) is 5.69 Å². The van der Waals surface area contributed by atoms with Crippen LogP contribution in [-0.4, -0.2) is 7.05 Å². The molecule has 0 aliphatic carbocycles. The summed E-state index contributed by atoms with van der Waals surface area (Å²) in [6, 6.07) is 8.01. The highest BCUT2D eigenvalue weighted by Gasteiger charge is 2.24. The van der Waals surface area contributed by atoms with E-state index >= 15 is 0 Å². The summed E-state index contributed by atoms with van der Waals surface area (Å²) in [5, 5.41) is 3.26. The van der Waals surface area contributed by atoms with Crippen LogP contribution in [0.2, 0.25) is 6.32 Å². The second-order valence-electron chi connectivity index (χ2n) is 2.66. The van der Waals surface area contributed by atoms with Crippen LogP contribution < -0.4 is 9.88 Å². The average molecular weight is 147 g/mol. The van der Waals surface area contributed by atoms with Crippen LogP contribution in [0.5, 0.6) is 5.75 Å². The van der Waals surface area contributed by atoms with Gasteiger partial charge in [-0.25, -0.2) is 0 Å². The largest absolute Gasteiger partial charge is 0.540 e. The van der Waals surface area contributed by atoms with Gasteiger partial charge in [0.25, 0.3) is 0 Å². The molecule has 11 heavy (non-hydrogen) atoms. The van der Waals surface area contributed by atoms with Crippen molar-refractivity contribution in [2.45, 2.75) is 13.2 Å². The molecule has 1 heterocycles. The molecule has 2 rings (SSSR count). The molecule has 1 aromatic rings. The minimum Gasteiger partial charge on any atom is -0.540 e. The Hall–Kier alpha value is -1.12. The fourth-order valence-electron chi connectivity index (χ4n) is 1.23. The molecule has 0 aromatic heterocycles. The van der Waals surface area contributed by atoms with Crippen LogP contribution in [0.15, 0.2) is 24.3 Å². The number of rotatable bonds is 1. The van der Waals surface area contributed by atoms with Crippen molar-refractivity contribution in [3.05, 3.63) is 24.3 Å². The van der Waals surface area contributed by atoms with E-state index in [2.05, 4.69) is 12.2 Å². The zero-order valence-electron chi connectivity index (χ0n) is 6.50. The Morgan fingerprint density at radius 3 is 3.00 bits per heavy atom. The zero-order chi connectivity index (χ0) is 7.68. The van der Waals surface area contributed by atoms with Crippen LogP contribution in [0.25, 0.3) is 0 Å². The second kappa shape index (κ2) is 2.49. The predicted molar refractivity (Wildman–Crippen MR) is 46.9 cm³/mol. The minimum atomic E-state index is 0.174. The maximum atomic E-state index is 5.54. The lowest BCUT2D eigenvalue weighted by Crippen LogP contribution is -2.24. The van der Waals surface area contributed by atoms with Gasteiger partial charge in [0.15, 0.2) is 0 Å². The smallest absolute Gasteiger partial charge is 0.479 e. The molecule has 1 aliphatic rings. The fourth-order valence-corrected chi connectivity index (χ4v) is 1.23. The third-order valence-electron chi connectivity index (χ3n) is 1.84. The molecule has 0 amide bonds. The van der Waals surface area contributed by atoms with E-state index < -0.39 is 0 Å². The van der Waals surface area contributed by atoms with Crippen molar-refractivity contribution in [3.63, 3.8) is 0 Å². The first kappa shape index (κ1) is 6.59. The predicted octanol–water partition coefficient (Wildman–Crippen LogP) is 2.00. The van der Waals surface area contributed by atoms with Gasteiger partial charge in [0.2, 0.25) is 0 Å². The summed E-state index contributed by atoms with van der Waals surface area (Å²) < 4.78 is 5.54. The average Bonchev–Trinajstić information content (AvgIpc) is 2.46. The maximum absolute atomic E-state index is 5.54. The Morgan fingerprint density at radius 2 is 2.27 bits per heavy atom. The van der Waals surface area contributed by atoms with E-state index in [1.807, 2.05) is 24.3 Å². The minimum absolute atomic E-state index is 0.174. The second-order valence-corrected chi connectivity index (χ2v) is 2.66. The molecule has 0 fully saturated rings. The molecule has 0 spiro atoms. The third kappa shape index (κ3) is 1.07. The molecule has 1 aliphatic heterocycles. The molecule has 0 unspecified atom stereocenters. The first-order chi connectivity index (χ1) is 5.40. The Balaban J connectivity index is 2.27. The van der Waals surface area contributed by atoms with Crippen molar-refractivity contribution >= 4 is 12.7 Å². The van der Waals surface area contributed by atoms with E-state index in [0.717, 1.165) is 17.8 Å². The van der Waals surface area contributed by atoms with Crippen LogP contribution >= 0.6 is 0 Å². The van der Waals surface area contributed by atoms with Gasteiger partial charge in [-0.2, -0.15) is 0 Å². The molecule has 2 nitrogen and oxygen atoms in total. The number of hydrogen-bond donors (Lipinski definition) is 1. The van der Waals surface area contributed by atoms with Crippen molar-refractivity contribution in [1.82, 2.24) is 0 Å². The molecule has 3 heteroatoms. The summed E-state index contributed by atoms with van der Waals surface area (Å²) in [4.78, 5) is 0. The van der Waals surface area contributed by atoms with E-state index in [-0.39, 0.29) is 7.05 Å². The Bertz CT molecular complexity index is 239. The summed E-state index contributed by atoms with van der Waals surface area (Å²) in [7, 11) is 0.174. The SMILES string of the molecule is CCB1Nc2ccccc2O1. The van der Waals surface area contributed by atoms with E-state index in [0.29, 0.717) is 0 Å². The summed E-state index contributed by atoms with van der Waals surface area (Å²) in [5.74, 6) is 0.972. The van der Waals surface area contributed by atoms with Gasteiger partial charge in [-0.3, -0.25) is 0 Å². The number of benzene rings is 1. The topological polar surface area (TPSA) is 21.3 Å². The van der Waals surface area contributed by atoms with Crippen LogP contribution in [0.1, 0.15) is 6.92 Å². The molecule has 1 N–H and O–H groups in total. The Labute approximate surface area is 66.7 Å². The first-order valence-electron chi connectivity index (χ1n) is 3.92. The number of hydrogen-bond acceptors (Lipinski definition) is 2. The van der Waals surface area contributed by atoms with Crippen molar-refractivity contribution in [3.8, 4) is 5.75 Å². The van der Waals surface area contributed by atoms with E-state index in [4.69, 9.17) is 4.65 Å². The number of anilines is 1. The molecule has 56 valence electrons. The van der Waals surface area contributed by atoms with Gasteiger partial charge >= 0.3 is 7.05 Å². The zero-order valence-corrected chi connectivity index (χ0v) is 6.50. The molecular weight excluding hydrogens is 137 g/mol. The molecular formula is C8H10BNO. The van der Waals surface area contributed by atoms with E-state index in [1.54, 1.807) is 0 Å². The number of fused-ring (bicyclic) bond motifs is 1. The van der Waals surface area contributed by atoms with Crippen molar-refractivity contribution in [2.24, 2.45) is 0 Å². The van der Waals surface area contributed by atoms with E-state index in [1.165, 1.54) is 0 Å². The monoisotopic (exact) mass is 147 g/mol. The van der Waals surface area contributed by atoms with Gasteiger partial charge in [0, 0.05) is 0 Å². The highest BCUT2D eigenvalue weighted by atomic mass is 16.5. The molecule has 0 saturated carbocycles. The lowest BCUT2D eigenvalue weighted by Gasteiger charge is -1.99. The van der Waals surface area contributed by atoms with Crippen LogP contribution in [0.3, 0.4) is 0 Å². The molecule has 0 radical (unpaired) electrons. The van der Waals surface area contributed by atoms with Gasteiger partial charge < -0.3 is 9.88 Å². The third-order valence-corrected chi connectivity index (χ3v) is 1.84. The standard InChI is InChI=1S/C8H10BNO/c1-2-9-10-7-5-3-4-6-8(7)11-9/h3-6,10H,2H2,1H3. The summed E-state index contributed by atoms with van der Waals surface area (Å²) in [6.45, 7) is 2.10. The van der Waals surface area contributed by atoms with Crippen LogP contribution in [0, 0.1) is 0 Å². The lowest BCUT2D eigenvalue weighted by molar-refractivity contribution is 0.593.